The standard InChI is InChI=1S/C17H10FN3O4S/c1-24-16-12(18)3-8(6-20-16)11-7-19-5-9-2-10(25-14(9)11)4-13-15(22)21-17(23)26-13/h2-7H,1H3,(H,21,22,23)/b13-4-. The lowest BCUT2D eigenvalue weighted by molar-refractivity contribution is -0.115. The lowest BCUT2D eigenvalue weighted by atomic mass is 10.1. The van der Waals surface area contributed by atoms with Crippen molar-refractivity contribution in [3.8, 4) is 17.0 Å². The Balaban J connectivity index is 1.79. The number of ether oxygens (including phenoxy) is 1. The van der Waals surface area contributed by atoms with E-state index in [1.54, 1.807) is 12.3 Å². The molecule has 2 amide bonds. The third-order valence-electron chi connectivity index (χ3n) is 3.67. The summed E-state index contributed by atoms with van der Waals surface area (Å²) in [6.45, 7) is 0. The second-order valence-corrected chi connectivity index (χ2v) is 6.34. The maximum Gasteiger partial charge on any atom is 0.290 e. The zero-order chi connectivity index (χ0) is 18.3. The Morgan fingerprint density at radius 2 is 2.12 bits per heavy atom. The number of rotatable bonds is 3. The first-order valence-electron chi connectivity index (χ1n) is 7.37. The van der Waals surface area contributed by atoms with Crippen LogP contribution in [0.5, 0.6) is 5.88 Å². The van der Waals surface area contributed by atoms with E-state index in [-0.39, 0.29) is 10.8 Å². The van der Waals surface area contributed by atoms with Crippen molar-refractivity contribution in [2.75, 3.05) is 7.11 Å². The number of methoxy groups -OCH3 is 1. The molecule has 26 heavy (non-hydrogen) atoms. The number of carbonyl (C=O) groups excluding carboxylic acids is 2. The Kier molecular flexibility index (Phi) is 3.92. The molecule has 3 aromatic heterocycles. The first-order valence-corrected chi connectivity index (χ1v) is 8.19. The number of hydrogen-bond donors (Lipinski definition) is 1. The number of nitrogens with one attached hydrogen (secondary N) is 1. The zero-order valence-corrected chi connectivity index (χ0v) is 14.1. The number of aromatic nitrogens is 2. The fourth-order valence-electron chi connectivity index (χ4n) is 2.53. The first kappa shape index (κ1) is 16.3. The van der Waals surface area contributed by atoms with Crippen LogP contribution in [0.25, 0.3) is 28.2 Å². The van der Waals surface area contributed by atoms with E-state index in [0.29, 0.717) is 27.9 Å². The van der Waals surface area contributed by atoms with Crippen molar-refractivity contribution in [1.82, 2.24) is 15.3 Å². The topological polar surface area (TPSA) is 94.3 Å². The van der Waals surface area contributed by atoms with E-state index < -0.39 is 17.0 Å². The smallest absolute Gasteiger partial charge is 0.290 e. The third-order valence-corrected chi connectivity index (χ3v) is 4.48. The normalized spacial score (nSPS) is 15.7. The lowest BCUT2D eigenvalue weighted by Crippen LogP contribution is -2.17. The number of nitrogens with zero attached hydrogens (tertiary/aromatic N) is 2. The zero-order valence-electron chi connectivity index (χ0n) is 13.3. The predicted molar refractivity (Wildman–Crippen MR) is 92.9 cm³/mol. The minimum absolute atomic E-state index is 0.104. The van der Waals surface area contributed by atoms with Crippen LogP contribution in [0.4, 0.5) is 9.18 Å². The van der Waals surface area contributed by atoms with Gasteiger partial charge in [0, 0.05) is 41.2 Å². The van der Waals surface area contributed by atoms with Gasteiger partial charge in [-0.05, 0) is 23.9 Å². The monoisotopic (exact) mass is 371 g/mol. The molecule has 130 valence electrons. The molecule has 0 spiro atoms. The molecule has 0 bridgehead atoms. The molecule has 0 saturated carbocycles. The fraction of sp³-hybridized carbons (Fsp3) is 0.0588. The van der Waals surface area contributed by atoms with Crippen molar-refractivity contribution in [2.45, 2.75) is 0 Å². The predicted octanol–water partition coefficient (Wildman–Crippen LogP) is 3.36. The summed E-state index contributed by atoms with van der Waals surface area (Å²) in [6.07, 6.45) is 6.05. The van der Waals surface area contributed by atoms with Gasteiger partial charge in [-0.25, -0.2) is 9.37 Å². The number of amides is 2. The number of imide groups is 1. The van der Waals surface area contributed by atoms with Crippen LogP contribution in [-0.2, 0) is 4.79 Å². The molecular formula is C17H10FN3O4S. The van der Waals surface area contributed by atoms with Gasteiger partial charge in [0.05, 0.1) is 12.0 Å². The van der Waals surface area contributed by atoms with Crippen LogP contribution < -0.4 is 10.1 Å². The SMILES string of the molecule is COc1ncc(-c2cncc3cc(/C=C4\SC(=O)NC4=O)oc23)cc1F. The van der Waals surface area contributed by atoms with Gasteiger partial charge < -0.3 is 9.15 Å². The molecule has 1 fully saturated rings. The molecule has 0 aliphatic carbocycles. The van der Waals surface area contributed by atoms with Crippen LogP contribution >= 0.6 is 11.8 Å². The van der Waals surface area contributed by atoms with Crippen LogP contribution in [0.2, 0.25) is 0 Å². The minimum atomic E-state index is -0.603. The van der Waals surface area contributed by atoms with Crippen molar-refractivity contribution in [3.05, 3.63) is 47.2 Å². The molecule has 3 aromatic rings. The van der Waals surface area contributed by atoms with Crippen LogP contribution in [0.15, 0.2) is 40.0 Å². The summed E-state index contributed by atoms with van der Waals surface area (Å²) < 4.78 is 24.6. The molecule has 4 heterocycles. The third kappa shape index (κ3) is 2.82. The highest BCUT2D eigenvalue weighted by Crippen LogP contribution is 2.33. The van der Waals surface area contributed by atoms with E-state index in [1.165, 1.54) is 31.6 Å². The number of furan rings is 1. The molecule has 1 aliphatic heterocycles. The molecule has 0 aromatic carbocycles. The summed E-state index contributed by atoms with van der Waals surface area (Å²) >= 11 is 0.797. The summed E-state index contributed by atoms with van der Waals surface area (Å²) in [5.41, 5.74) is 1.48. The summed E-state index contributed by atoms with van der Waals surface area (Å²) in [4.78, 5) is 31.2. The van der Waals surface area contributed by atoms with Crippen molar-refractivity contribution >= 4 is 40.0 Å². The van der Waals surface area contributed by atoms with Crippen molar-refractivity contribution in [2.24, 2.45) is 0 Å². The second kappa shape index (κ2) is 6.26. The minimum Gasteiger partial charge on any atom is -0.479 e. The molecule has 0 atom stereocenters. The second-order valence-electron chi connectivity index (χ2n) is 5.32. The van der Waals surface area contributed by atoms with Crippen LogP contribution in [0, 0.1) is 5.82 Å². The Morgan fingerprint density at radius 1 is 1.27 bits per heavy atom. The van der Waals surface area contributed by atoms with E-state index in [9.17, 15) is 14.0 Å². The van der Waals surface area contributed by atoms with Crippen molar-refractivity contribution < 1.29 is 23.1 Å². The van der Waals surface area contributed by atoms with Crippen molar-refractivity contribution in [1.29, 1.82) is 0 Å². The van der Waals surface area contributed by atoms with E-state index >= 15 is 0 Å². The summed E-state index contributed by atoms with van der Waals surface area (Å²) in [5.74, 6) is -0.801. The molecule has 1 N–H and O–H groups in total. The number of pyridine rings is 2. The van der Waals surface area contributed by atoms with Gasteiger partial charge in [0.1, 0.15) is 11.3 Å². The number of carbonyl (C=O) groups is 2. The van der Waals surface area contributed by atoms with Gasteiger partial charge in [0.25, 0.3) is 11.1 Å². The van der Waals surface area contributed by atoms with E-state index in [4.69, 9.17) is 9.15 Å². The number of thioether (sulfide) groups is 1. The summed E-state index contributed by atoms with van der Waals surface area (Å²) in [5, 5.41) is 2.41. The van der Waals surface area contributed by atoms with Gasteiger partial charge in [-0.3, -0.25) is 19.9 Å². The highest BCUT2D eigenvalue weighted by Gasteiger charge is 2.25. The number of halogens is 1. The average molecular weight is 371 g/mol. The quantitative estimate of drug-likeness (QED) is 0.706. The van der Waals surface area contributed by atoms with E-state index in [0.717, 1.165) is 11.8 Å². The molecule has 1 aliphatic rings. The summed E-state index contributed by atoms with van der Waals surface area (Å²) in [7, 11) is 1.33. The first-order chi connectivity index (χ1) is 12.5. The molecule has 0 unspecified atom stereocenters. The molecule has 9 heteroatoms. The molecule has 1 saturated heterocycles. The van der Waals surface area contributed by atoms with Gasteiger partial charge in [0.15, 0.2) is 5.82 Å². The molecule has 0 radical (unpaired) electrons. The van der Waals surface area contributed by atoms with Gasteiger partial charge in [-0.2, -0.15) is 0 Å². The van der Waals surface area contributed by atoms with Crippen molar-refractivity contribution in [3.63, 3.8) is 0 Å². The Bertz CT molecular complexity index is 1090. The summed E-state index contributed by atoms with van der Waals surface area (Å²) in [6, 6.07) is 2.96. The fourth-order valence-corrected chi connectivity index (χ4v) is 3.19. The van der Waals surface area contributed by atoms with E-state index in [1.807, 2.05) is 0 Å². The molecule has 7 nitrogen and oxygen atoms in total. The van der Waals surface area contributed by atoms with Gasteiger partial charge >= 0.3 is 0 Å². The maximum absolute atomic E-state index is 14.0. The van der Waals surface area contributed by atoms with Crippen LogP contribution in [0.3, 0.4) is 0 Å². The lowest BCUT2D eigenvalue weighted by Gasteiger charge is -2.04. The van der Waals surface area contributed by atoms with Crippen LogP contribution in [-0.4, -0.2) is 28.2 Å². The van der Waals surface area contributed by atoms with E-state index in [2.05, 4.69) is 15.3 Å². The highest BCUT2D eigenvalue weighted by atomic mass is 32.2. The maximum atomic E-state index is 14.0. The molecule has 4 rings (SSSR count). The number of fused-ring (bicyclic) bond motifs is 1. The molecular weight excluding hydrogens is 361 g/mol. The Hall–Kier alpha value is -3.20. The van der Waals surface area contributed by atoms with Crippen LogP contribution in [0.1, 0.15) is 5.76 Å². The Labute approximate surface area is 150 Å². The Morgan fingerprint density at radius 3 is 2.81 bits per heavy atom. The van der Waals surface area contributed by atoms with Gasteiger partial charge in [0.2, 0.25) is 5.88 Å². The number of hydrogen-bond acceptors (Lipinski definition) is 7. The van der Waals surface area contributed by atoms with Gasteiger partial charge in [-0.1, -0.05) is 0 Å². The van der Waals surface area contributed by atoms with Gasteiger partial charge in [-0.15, -0.1) is 0 Å². The average Bonchev–Trinajstić information content (AvgIpc) is 3.16. The highest BCUT2D eigenvalue weighted by molar-refractivity contribution is 8.18. The largest absolute Gasteiger partial charge is 0.479 e.